The van der Waals surface area contributed by atoms with Crippen molar-refractivity contribution in [3.63, 3.8) is 0 Å². The minimum absolute atomic E-state index is 0.153. The number of rotatable bonds is 28. The highest BCUT2D eigenvalue weighted by Crippen LogP contribution is 2.40. The van der Waals surface area contributed by atoms with Crippen LogP contribution in [0.5, 0.6) is 0 Å². The van der Waals surface area contributed by atoms with Gasteiger partial charge in [-0.2, -0.15) is 0 Å². The lowest BCUT2D eigenvalue weighted by atomic mass is 9.95. The van der Waals surface area contributed by atoms with Gasteiger partial charge in [-0.15, -0.1) is 0 Å². The summed E-state index contributed by atoms with van der Waals surface area (Å²) in [4.78, 5) is 156. The van der Waals surface area contributed by atoms with Gasteiger partial charge in [-0.3, -0.25) is 38.1 Å². The van der Waals surface area contributed by atoms with Gasteiger partial charge in [0, 0.05) is 48.5 Å². The first kappa shape index (κ1) is 65.5. The Morgan fingerprint density at radius 1 is 0.730 bits per heavy atom. The zero-order valence-electron chi connectivity index (χ0n) is 44.6. The van der Waals surface area contributed by atoms with E-state index >= 15 is 0 Å². The summed E-state index contributed by atoms with van der Waals surface area (Å²) in [6.07, 6.45) is -4.81. The van der Waals surface area contributed by atoms with Crippen molar-refractivity contribution in [3.05, 3.63) is 59.9 Å². The van der Waals surface area contributed by atoms with Crippen LogP contribution in [0.2, 0.25) is 0 Å². The second-order valence-electron chi connectivity index (χ2n) is 18.5. The van der Waals surface area contributed by atoms with Crippen LogP contribution in [0, 0.1) is 17.8 Å². The molecule has 0 aliphatic heterocycles. The van der Waals surface area contributed by atoms with E-state index in [1.165, 1.54) is 82.7 Å². The highest BCUT2D eigenvalue weighted by atomic mass is 31.2. The predicted octanol–water partition coefficient (Wildman–Crippen LogP) is 0.778. The number of phosphoric acid groups is 1. The number of methoxy groups -OCH3 is 1. The molecule has 1 rings (SSSR count). The third-order valence-corrected chi connectivity index (χ3v) is 11.9. The van der Waals surface area contributed by atoms with Gasteiger partial charge >= 0.3 is 25.7 Å². The third kappa shape index (κ3) is 20.1. The number of hydrogen-bond donors (Lipinski definition) is 7. The lowest BCUT2D eigenvalue weighted by Gasteiger charge is -2.37. The second kappa shape index (κ2) is 29.4. The smallest absolute Gasteiger partial charge is 0.469 e. The maximum Gasteiger partial charge on any atom is 0.469 e. The number of phosphoric ester groups is 1. The Balaban J connectivity index is 3.59. The molecule has 74 heavy (non-hydrogen) atoms. The number of carboxylic acids is 1. The first-order valence-electron chi connectivity index (χ1n) is 23.4. The topological polar surface area (TPSA) is 343 Å². The maximum atomic E-state index is 14.5. The fourth-order valence-corrected chi connectivity index (χ4v) is 7.82. The molecule has 25 nitrogen and oxygen atoms in total. The molecule has 9 atom stereocenters. The summed E-state index contributed by atoms with van der Waals surface area (Å²) in [6, 6.07) is 0.0155. The van der Waals surface area contributed by atoms with Gasteiger partial charge in [-0.05, 0) is 44.1 Å². The summed E-state index contributed by atoms with van der Waals surface area (Å²) in [7, 11) is -0.653. The Morgan fingerprint density at radius 3 is 1.74 bits per heavy atom. The molecule has 7 N–H and O–H groups in total. The van der Waals surface area contributed by atoms with Crippen molar-refractivity contribution in [3.8, 4) is 0 Å². The highest BCUT2D eigenvalue weighted by Gasteiger charge is 2.45. The van der Waals surface area contributed by atoms with E-state index in [1.54, 1.807) is 44.2 Å². The fraction of sp³-hybridized carbons (Fsp3) is 0.583. The molecule has 0 saturated carbocycles. The average molecular weight is 1070 g/mol. The minimum Gasteiger partial charge on any atom is -0.480 e. The Morgan fingerprint density at radius 2 is 1.28 bits per heavy atom. The number of ether oxygens (including phenoxy) is 3. The summed E-state index contributed by atoms with van der Waals surface area (Å²) >= 11 is 0. The molecule has 7 amide bonds. The van der Waals surface area contributed by atoms with E-state index in [2.05, 4.69) is 27.8 Å². The number of benzene rings is 1. The number of aliphatic carboxylic acids is 1. The van der Waals surface area contributed by atoms with Crippen molar-refractivity contribution in [1.82, 2.24) is 36.0 Å². The van der Waals surface area contributed by atoms with E-state index in [0.29, 0.717) is 5.56 Å². The summed E-state index contributed by atoms with van der Waals surface area (Å²) in [6.45, 7) is 19.0. The van der Waals surface area contributed by atoms with Crippen LogP contribution in [0.15, 0.2) is 54.4 Å². The standard InChI is InChI=1S/C48H74N7O18P/c1-24(2)22-34(50-31(11)56)47(65)71-35(23-33-20-18-17-19-21-33)44(61)54(14)28(8)41(58)49-27(7)43(60)53(13)29(9)42(59)52-36(45(62)55(15)38(46(63)64)30(10)70-16)39(25(3)4)72-48(66)37(51-32(12)57)40(26(5)6)73-74(67,68)69/h17-22,24-27,29-30,35-40H,8,23H2,1-7,9-16H3,(H,49,58)(H,50,56)(H,51,57)(H,52,59)(H,63,64)(H2,67,68,69)/b34-22-/t27-,29-,30+,35+,36-,37-,38-,39+,40+/m0/s1. The van der Waals surface area contributed by atoms with Gasteiger partial charge in [0.15, 0.2) is 18.2 Å². The van der Waals surface area contributed by atoms with Crippen LogP contribution >= 0.6 is 7.82 Å². The minimum atomic E-state index is -5.30. The molecule has 0 aromatic heterocycles. The number of amides is 7. The largest absolute Gasteiger partial charge is 0.480 e. The molecule has 1 aromatic carbocycles. The van der Waals surface area contributed by atoms with Crippen molar-refractivity contribution in [1.29, 1.82) is 0 Å². The molecule has 0 heterocycles. The van der Waals surface area contributed by atoms with E-state index in [0.717, 1.165) is 28.7 Å². The summed E-state index contributed by atoms with van der Waals surface area (Å²) in [5.41, 5.74) is -0.126. The van der Waals surface area contributed by atoms with Crippen LogP contribution in [0.4, 0.5) is 0 Å². The van der Waals surface area contributed by atoms with E-state index in [4.69, 9.17) is 18.7 Å². The van der Waals surface area contributed by atoms with Gasteiger partial charge in [-0.1, -0.05) is 84.5 Å². The fourth-order valence-electron chi connectivity index (χ4n) is 7.14. The van der Waals surface area contributed by atoms with Crippen LogP contribution in [0.3, 0.4) is 0 Å². The molecule has 0 bridgehead atoms. The Bertz CT molecular complexity index is 2290. The van der Waals surface area contributed by atoms with Crippen LogP contribution in [-0.4, -0.2) is 172 Å². The zero-order chi connectivity index (χ0) is 57.3. The number of allylic oxidation sites excluding steroid dienone is 1. The first-order valence-corrected chi connectivity index (χ1v) is 24.9. The number of nitrogens with zero attached hydrogens (tertiary/aromatic N) is 3. The summed E-state index contributed by atoms with van der Waals surface area (Å²) in [5, 5.41) is 19.6. The normalized spacial score (nSPS) is 15.4. The molecule has 0 radical (unpaired) electrons. The van der Waals surface area contributed by atoms with Crippen LogP contribution < -0.4 is 21.3 Å². The number of carboxylic acid groups (broad SMARTS) is 1. The molecule has 414 valence electrons. The van der Waals surface area contributed by atoms with Gasteiger partial charge in [0.2, 0.25) is 29.5 Å². The summed E-state index contributed by atoms with van der Waals surface area (Å²) in [5.74, 6) is -12.3. The van der Waals surface area contributed by atoms with Crippen LogP contribution in [-0.2, 0) is 77.7 Å². The van der Waals surface area contributed by atoms with E-state index in [-0.39, 0.29) is 18.0 Å². The van der Waals surface area contributed by atoms with E-state index in [9.17, 15) is 67.4 Å². The van der Waals surface area contributed by atoms with E-state index in [1.807, 2.05) is 0 Å². The highest BCUT2D eigenvalue weighted by molar-refractivity contribution is 7.46. The van der Waals surface area contributed by atoms with Crippen LogP contribution in [0.25, 0.3) is 0 Å². The number of nitrogens with one attached hydrogen (secondary N) is 4. The summed E-state index contributed by atoms with van der Waals surface area (Å²) < 4.78 is 33.4. The van der Waals surface area contributed by atoms with Gasteiger partial charge in [0.25, 0.3) is 11.8 Å². The molecule has 0 aliphatic rings. The number of esters is 2. The van der Waals surface area contributed by atoms with Gasteiger partial charge in [0.1, 0.15) is 41.7 Å². The van der Waals surface area contributed by atoms with Crippen molar-refractivity contribution in [2.75, 3.05) is 28.3 Å². The second-order valence-corrected chi connectivity index (χ2v) is 19.7. The molecule has 0 saturated heterocycles. The number of hydrogen-bond acceptors (Lipinski definition) is 15. The van der Waals surface area contributed by atoms with Crippen molar-refractivity contribution >= 4 is 67.1 Å². The van der Waals surface area contributed by atoms with Crippen molar-refractivity contribution < 1.29 is 86.1 Å². The lowest BCUT2D eigenvalue weighted by Crippen LogP contribution is -2.63. The first-order chi connectivity index (χ1) is 34.1. The zero-order valence-corrected chi connectivity index (χ0v) is 45.5. The SMILES string of the molecule is C=C(C(=O)N[C@@H](C)C(=O)N(C)[C@@H](C)C(=O)N[C@H](C(=O)N(C)[C@H](C(=O)O)[C@@H](C)OC)[C@H](OC(=O)[C@@H](NC(C)=O)[C@H](OP(=O)(O)O)C(C)C)C(C)C)N(C)C(=O)[C@@H](Cc1ccccc1)OC(=O)/C(=C/C(C)C)NC(C)=O. The average Bonchev–Trinajstić information content (AvgIpc) is 3.30. The number of likely N-dealkylation sites (N-methyl/N-ethyl adjacent to an activating group) is 3. The molecule has 1 aromatic rings. The monoisotopic (exact) mass is 1070 g/mol. The van der Waals surface area contributed by atoms with Gasteiger partial charge < -0.3 is 65.1 Å². The Hall–Kier alpha value is -6.53. The Kier molecular flexibility index (Phi) is 26.0. The third-order valence-electron chi connectivity index (χ3n) is 11.3. The molecule has 0 aliphatic carbocycles. The van der Waals surface area contributed by atoms with Crippen LogP contribution in [0.1, 0.15) is 81.7 Å². The molecule has 0 unspecified atom stereocenters. The van der Waals surface area contributed by atoms with Gasteiger partial charge in [-0.25, -0.2) is 18.9 Å². The number of carbonyl (C=O) groups is 10. The molecular weight excluding hydrogens is 994 g/mol. The predicted molar refractivity (Wildman–Crippen MR) is 265 cm³/mol. The Labute approximate surface area is 431 Å². The van der Waals surface area contributed by atoms with E-state index < -0.39 is 139 Å². The number of carbonyl (C=O) groups excluding carboxylic acids is 9. The maximum absolute atomic E-state index is 14.5. The molecular formula is C48H74N7O18P. The molecule has 0 spiro atoms. The quantitative estimate of drug-likeness (QED) is 0.0346. The van der Waals surface area contributed by atoms with Gasteiger partial charge in [0.05, 0.1) is 6.10 Å². The molecule has 0 fully saturated rings. The van der Waals surface area contributed by atoms with Crippen molar-refractivity contribution in [2.45, 2.75) is 137 Å². The van der Waals surface area contributed by atoms with Crippen molar-refractivity contribution in [2.24, 2.45) is 17.8 Å². The lowest BCUT2D eigenvalue weighted by molar-refractivity contribution is -0.167. The molecule has 26 heteroatoms.